The number of rotatable bonds is 22. The Morgan fingerprint density at radius 1 is 0.565 bits per heavy atom. The molecule has 8 nitrogen and oxygen atoms in total. The molecule has 3 fully saturated rings. The molecule has 3 saturated carbocycles. The van der Waals surface area contributed by atoms with E-state index in [1.165, 1.54) is 159 Å². The van der Waals surface area contributed by atoms with Gasteiger partial charge in [-0.05, 0) is 124 Å². The largest absolute Gasteiger partial charge is 0.402 e. The fraction of sp³-hybridized carbons (Fsp3) is 0.803. The van der Waals surface area contributed by atoms with Crippen molar-refractivity contribution in [2.24, 2.45) is 75.1 Å². The predicted octanol–water partition coefficient (Wildman–Crippen LogP) is 16.4. The van der Waals surface area contributed by atoms with Crippen molar-refractivity contribution in [3.05, 3.63) is 61.0 Å². The summed E-state index contributed by atoms with van der Waals surface area (Å²) in [6, 6.07) is 0.425. The van der Waals surface area contributed by atoms with Gasteiger partial charge in [-0.1, -0.05) is 209 Å². The normalized spacial score (nSPS) is 16.9. The Kier molecular flexibility index (Phi) is 63.7. The molecule has 0 saturated heterocycles. The van der Waals surface area contributed by atoms with Gasteiger partial charge in [0.15, 0.2) is 0 Å². The number of carbonyl (C=O) groups is 1. The first-order valence-electron chi connectivity index (χ1n) is 26.7. The first kappa shape index (κ1) is 80.4. The Morgan fingerprint density at radius 2 is 0.942 bits per heavy atom. The lowest BCUT2D eigenvalue weighted by Gasteiger charge is -2.30. The summed E-state index contributed by atoms with van der Waals surface area (Å²) < 4.78 is 0. The Hall–Kier alpha value is -2.68. The molecule has 69 heavy (non-hydrogen) atoms. The third kappa shape index (κ3) is 48.7. The van der Waals surface area contributed by atoms with Gasteiger partial charge in [-0.25, -0.2) is 0 Å². The molecule has 0 spiro atoms. The molecule has 3 aliphatic carbocycles. The van der Waals surface area contributed by atoms with Crippen LogP contribution in [0, 0.1) is 41.4 Å². The first-order chi connectivity index (χ1) is 31.4. The summed E-state index contributed by atoms with van der Waals surface area (Å²) >= 11 is 0. The van der Waals surface area contributed by atoms with E-state index in [4.69, 9.17) is 11.5 Å². The number of unbranched alkanes of at least 4 members (excludes halogenated alkanes) is 1. The van der Waals surface area contributed by atoms with Crippen LogP contribution >= 0.6 is 0 Å². The summed E-state index contributed by atoms with van der Waals surface area (Å²) in [5.74, 6) is 5.24. The Balaban J connectivity index is -0.000000155. The van der Waals surface area contributed by atoms with Gasteiger partial charge < -0.3 is 34.0 Å². The van der Waals surface area contributed by atoms with Crippen molar-refractivity contribution in [3.8, 4) is 0 Å². The summed E-state index contributed by atoms with van der Waals surface area (Å²) in [4.78, 5) is 16.5. The molecule has 8 heteroatoms. The lowest BCUT2D eigenvalue weighted by molar-refractivity contribution is -0.123. The molecule has 5 unspecified atom stereocenters. The van der Waals surface area contributed by atoms with Crippen LogP contribution < -0.4 is 34.0 Å². The molecular weight excluding hydrogens is 847 g/mol. The summed E-state index contributed by atoms with van der Waals surface area (Å²) in [6.07, 6.45) is 32.3. The van der Waals surface area contributed by atoms with Crippen LogP contribution in [0.2, 0.25) is 0 Å². The Morgan fingerprint density at radius 3 is 1.29 bits per heavy atom. The highest BCUT2D eigenvalue weighted by molar-refractivity contribution is 5.81. The number of Topliss-reactive ketones (excluding diaryl/α,β-unsaturated/α-hetero) is 1. The number of hydrogen-bond donors (Lipinski definition) is 6. The van der Waals surface area contributed by atoms with Gasteiger partial charge in [0.05, 0.1) is 5.84 Å². The highest BCUT2D eigenvalue weighted by Gasteiger charge is 2.25. The molecule has 0 aliphatic heterocycles. The smallest absolute Gasteiger partial charge is 0.136 e. The molecule has 0 amide bonds. The molecule has 5 atom stereocenters. The zero-order chi connectivity index (χ0) is 51.5. The van der Waals surface area contributed by atoms with Crippen LogP contribution in [0.15, 0.2) is 66.0 Å². The van der Waals surface area contributed by atoms with Crippen LogP contribution in [0.1, 0.15) is 245 Å². The number of carbonyl (C=O) groups excluding carboxylic acids is 1. The molecule has 0 aromatic heterocycles. The summed E-state index contributed by atoms with van der Waals surface area (Å²) in [6.45, 7) is 39.7. The van der Waals surface area contributed by atoms with Gasteiger partial charge >= 0.3 is 0 Å². The zero-order valence-corrected chi connectivity index (χ0v) is 46.3. The maximum absolute atomic E-state index is 12.4. The standard InChI is InChI=1S/C23H41N.C18H33NO.C10H20N2.C4H8.3CH5N.3CH4/c1-18(2)23(17-22-14-8-5-6-9-15-22)24-20(4)19(3)16-21-12-10-7-11-13-21;1-4-5-11-17(15(3)19)13-18(20)14(2)12-16-9-7-6-8-10-16;1-8(2)9(3)6-5-7-12-10(4)11;1-4(2)3;3*1-2;;;/h19,21-24H,1,4-17H2,2-3H3;14,16-17H,3-13,19H2,1-2H3;9H,1,5-7H2,2-4H3,(H2,11,12);1H2,2-3H3;3*2H2,1H3;3*1H4. The Labute approximate surface area is 435 Å². The summed E-state index contributed by atoms with van der Waals surface area (Å²) in [5.41, 5.74) is 30.4. The minimum absolute atomic E-state index is 0. The maximum Gasteiger partial charge on any atom is 0.136 e. The lowest BCUT2D eigenvalue weighted by atomic mass is 9.80. The van der Waals surface area contributed by atoms with E-state index in [2.05, 4.69) is 102 Å². The van der Waals surface area contributed by atoms with Gasteiger partial charge in [0, 0.05) is 42.2 Å². The number of nitrogens with two attached hydrogens (primary N) is 5. The quantitative estimate of drug-likeness (QED) is 0.0206. The van der Waals surface area contributed by atoms with E-state index < -0.39 is 0 Å². The van der Waals surface area contributed by atoms with Crippen LogP contribution in [0.4, 0.5) is 0 Å². The van der Waals surface area contributed by atoms with E-state index in [9.17, 15) is 4.79 Å². The van der Waals surface area contributed by atoms with Gasteiger partial charge in [-0.2, -0.15) is 0 Å². The van der Waals surface area contributed by atoms with Gasteiger partial charge in [0.1, 0.15) is 5.78 Å². The number of amidine groups is 1. The van der Waals surface area contributed by atoms with Crippen LogP contribution in [-0.2, 0) is 4.79 Å². The molecule has 3 aliphatic rings. The number of nitrogens with one attached hydrogen (secondary N) is 1. The maximum atomic E-state index is 12.4. The average molecular weight is 977 g/mol. The second kappa shape index (κ2) is 54.6. The van der Waals surface area contributed by atoms with Gasteiger partial charge in [0.2, 0.25) is 0 Å². The first-order valence-corrected chi connectivity index (χ1v) is 26.7. The molecular formula is C61H129N7O. The van der Waals surface area contributed by atoms with E-state index in [-0.39, 0.29) is 34.1 Å². The third-order valence-corrected chi connectivity index (χ3v) is 13.3. The topological polar surface area (TPSA) is 172 Å². The van der Waals surface area contributed by atoms with Crippen molar-refractivity contribution in [1.29, 1.82) is 0 Å². The molecule has 0 bridgehead atoms. The fourth-order valence-electron chi connectivity index (χ4n) is 9.01. The number of nitrogens with zero attached hydrogens (tertiary/aromatic N) is 1. The van der Waals surface area contributed by atoms with Crippen molar-refractivity contribution in [1.82, 2.24) is 5.32 Å². The van der Waals surface area contributed by atoms with E-state index in [0.717, 1.165) is 62.8 Å². The minimum Gasteiger partial charge on any atom is -0.402 e. The second-order valence-corrected chi connectivity index (χ2v) is 20.1. The molecule has 0 radical (unpaired) electrons. The number of allylic oxidation sites excluding steroid dienone is 4. The molecule has 11 N–H and O–H groups in total. The molecule has 0 aromatic rings. The average Bonchev–Trinajstić information content (AvgIpc) is 3.57. The molecule has 3 rings (SSSR count). The van der Waals surface area contributed by atoms with Crippen molar-refractivity contribution in [2.45, 2.75) is 251 Å². The number of ketones is 1. The highest BCUT2D eigenvalue weighted by Crippen LogP contribution is 2.33. The fourth-order valence-corrected chi connectivity index (χ4v) is 9.01. The van der Waals surface area contributed by atoms with E-state index >= 15 is 0 Å². The van der Waals surface area contributed by atoms with Crippen LogP contribution in [-0.4, -0.2) is 45.3 Å². The SMILES string of the molecule is C.C.C.C=C(C)C.C=C(C)C(C)CCCN=C(C)N.C=C(N)C(CCCC)CC(=O)C(C)CC1CCCCC1.C=C(NC(CC1CCCCCC1)C(=C)C)C(C)CC1CCCCC1.CN.CN.CN. The monoisotopic (exact) mass is 976 g/mol. The number of hydrogen-bond acceptors (Lipinski definition) is 7. The van der Waals surface area contributed by atoms with Crippen molar-refractivity contribution in [2.75, 3.05) is 27.7 Å². The van der Waals surface area contributed by atoms with Crippen LogP contribution in [0.25, 0.3) is 0 Å². The van der Waals surface area contributed by atoms with E-state index in [1.54, 1.807) is 0 Å². The van der Waals surface area contributed by atoms with Crippen LogP contribution in [0.5, 0.6) is 0 Å². The summed E-state index contributed by atoms with van der Waals surface area (Å²) in [5, 5.41) is 3.78. The lowest BCUT2D eigenvalue weighted by Crippen LogP contribution is -2.33. The zero-order valence-electron chi connectivity index (χ0n) is 46.3. The third-order valence-electron chi connectivity index (χ3n) is 13.3. The van der Waals surface area contributed by atoms with Crippen molar-refractivity contribution < 1.29 is 4.79 Å². The van der Waals surface area contributed by atoms with E-state index in [0.29, 0.717) is 41.6 Å². The second-order valence-electron chi connectivity index (χ2n) is 20.1. The molecule has 0 aromatic carbocycles. The van der Waals surface area contributed by atoms with Crippen molar-refractivity contribution in [3.63, 3.8) is 0 Å². The summed E-state index contributed by atoms with van der Waals surface area (Å²) in [7, 11) is 4.50. The van der Waals surface area contributed by atoms with Gasteiger partial charge in [0.25, 0.3) is 0 Å². The van der Waals surface area contributed by atoms with Gasteiger partial charge in [-0.15, -0.1) is 6.58 Å². The molecule has 414 valence electrons. The molecule has 0 heterocycles. The predicted molar refractivity (Wildman–Crippen MR) is 320 cm³/mol. The number of aliphatic imine (C=N–C) groups is 1. The van der Waals surface area contributed by atoms with Crippen LogP contribution in [0.3, 0.4) is 0 Å². The van der Waals surface area contributed by atoms with Crippen molar-refractivity contribution >= 4 is 11.6 Å². The Bertz CT molecular complexity index is 1230. The van der Waals surface area contributed by atoms with Gasteiger partial charge in [-0.3, -0.25) is 9.79 Å². The minimum atomic E-state index is 0. The highest BCUT2D eigenvalue weighted by atomic mass is 16.1. The van der Waals surface area contributed by atoms with E-state index in [1.807, 2.05) is 20.8 Å².